The fourth-order valence-electron chi connectivity index (χ4n) is 2.42. The first-order valence-corrected chi connectivity index (χ1v) is 11.3. The molecule has 0 aliphatic carbocycles. The summed E-state index contributed by atoms with van der Waals surface area (Å²) in [5, 5.41) is 2.92. The number of carbonyl (C=O) groups is 1. The van der Waals surface area contributed by atoms with Crippen molar-refractivity contribution >= 4 is 41.2 Å². The Morgan fingerprint density at radius 2 is 1.80 bits per heavy atom. The normalized spacial score (nSPS) is 14.4. The average molecular weight is 392 g/mol. The Bertz CT molecular complexity index is 675. The molecule has 1 heterocycles. The molecule has 1 saturated heterocycles. The number of ether oxygens (including phenoxy) is 1. The van der Waals surface area contributed by atoms with Crippen LogP contribution in [0, 0.1) is 0 Å². The molecule has 1 amide bonds. The predicted molar refractivity (Wildman–Crippen MR) is 110 cm³/mol. The highest BCUT2D eigenvalue weighted by atomic mass is 32.2. The van der Waals surface area contributed by atoms with Gasteiger partial charge in [-0.3, -0.25) is 4.79 Å². The Hall–Kier alpha value is -1.24. The molecular formula is C19H21NO2S3. The number of hydrogen-bond acceptors (Lipinski definition) is 5. The van der Waals surface area contributed by atoms with Crippen molar-refractivity contribution in [2.45, 2.75) is 9.48 Å². The van der Waals surface area contributed by atoms with Crippen molar-refractivity contribution in [2.75, 3.05) is 30.4 Å². The molecule has 1 aliphatic rings. The first-order chi connectivity index (χ1) is 12.3. The quantitative estimate of drug-likeness (QED) is 0.531. The van der Waals surface area contributed by atoms with Gasteiger partial charge in [0.15, 0.2) is 6.61 Å². The highest BCUT2D eigenvalue weighted by Crippen LogP contribution is 2.48. The minimum absolute atomic E-state index is 0.0646. The van der Waals surface area contributed by atoms with Crippen molar-refractivity contribution < 1.29 is 9.53 Å². The third-order valence-electron chi connectivity index (χ3n) is 3.59. The van der Waals surface area contributed by atoms with Gasteiger partial charge in [0, 0.05) is 34.3 Å². The van der Waals surface area contributed by atoms with Crippen molar-refractivity contribution in [3.8, 4) is 5.75 Å². The number of thioether (sulfide) groups is 3. The van der Waals surface area contributed by atoms with Crippen LogP contribution in [0.1, 0.15) is 10.1 Å². The minimum Gasteiger partial charge on any atom is -0.483 e. The zero-order valence-corrected chi connectivity index (χ0v) is 16.3. The largest absolute Gasteiger partial charge is 0.483 e. The number of rotatable bonds is 8. The van der Waals surface area contributed by atoms with Crippen LogP contribution < -0.4 is 10.1 Å². The van der Waals surface area contributed by atoms with Crippen molar-refractivity contribution in [1.29, 1.82) is 0 Å². The van der Waals surface area contributed by atoms with Gasteiger partial charge >= 0.3 is 0 Å². The second kappa shape index (κ2) is 10.0. The molecule has 6 heteroatoms. The lowest BCUT2D eigenvalue weighted by atomic mass is 10.2. The number of hydrogen-bond donors (Lipinski definition) is 1. The van der Waals surface area contributed by atoms with Crippen LogP contribution in [-0.4, -0.2) is 36.3 Å². The van der Waals surface area contributed by atoms with E-state index in [1.807, 2.05) is 59.9 Å². The Kier molecular flexibility index (Phi) is 7.45. The molecule has 3 rings (SSSR count). The van der Waals surface area contributed by atoms with E-state index < -0.39 is 0 Å². The SMILES string of the molecule is O=C(COc1ccccc1C1SCCS1)NCCSc1ccccc1. The van der Waals surface area contributed by atoms with Crippen LogP contribution in [0.2, 0.25) is 0 Å². The van der Waals surface area contributed by atoms with Crippen LogP contribution >= 0.6 is 35.3 Å². The predicted octanol–water partition coefficient (Wildman–Crippen LogP) is 4.45. The summed E-state index contributed by atoms with van der Waals surface area (Å²) in [5.41, 5.74) is 1.18. The minimum atomic E-state index is -0.0739. The summed E-state index contributed by atoms with van der Waals surface area (Å²) in [4.78, 5) is 13.2. The van der Waals surface area contributed by atoms with Crippen molar-refractivity contribution in [2.24, 2.45) is 0 Å². The molecule has 0 unspecified atom stereocenters. The van der Waals surface area contributed by atoms with Crippen LogP contribution in [0.4, 0.5) is 0 Å². The van der Waals surface area contributed by atoms with Gasteiger partial charge in [-0.25, -0.2) is 0 Å². The zero-order chi connectivity index (χ0) is 17.3. The van der Waals surface area contributed by atoms with E-state index in [4.69, 9.17) is 4.74 Å². The molecular weight excluding hydrogens is 370 g/mol. The molecule has 0 saturated carbocycles. The maximum Gasteiger partial charge on any atom is 0.257 e. The molecule has 0 atom stereocenters. The summed E-state index contributed by atoms with van der Waals surface area (Å²) in [6.07, 6.45) is 0. The molecule has 0 aromatic heterocycles. The fraction of sp³-hybridized carbons (Fsp3) is 0.316. The number of benzene rings is 2. The first kappa shape index (κ1) is 18.5. The second-order valence-electron chi connectivity index (χ2n) is 5.41. The van der Waals surface area contributed by atoms with Crippen LogP contribution in [0.15, 0.2) is 59.5 Å². The van der Waals surface area contributed by atoms with E-state index in [1.165, 1.54) is 22.0 Å². The van der Waals surface area contributed by atoms with Gasteiger partial charge in [-0.2, -0.15) is 0 Å². The van der Waals surface area contributed by atoms with Crippen molar-refractivity contribution in [3.05, 3.63) is 60.2 Å². The molecule has 2 aromatic rings. The van der Waals surface area contributed by atoms with E-state index in [-0.39, 0.29) is 12.5 Å². The summed E-state index contributed by atoms with van der Waals surface area (Å²) in [7, 11) is 0. The van der Waals surface area contributed by atoms with Gasteiger partial charge in [-0.1, -0.05) is 36.4 Å². The maximum atomic E-state index is 12.0. The highest BCUT2D eigenvalue weighted by molar-refractivity contribution is 8.19. The second-order valence-corrected chi connectivity index (χ2v) is 9.30. The third-order valence-corrected chi connectivity index (χ3v) is 7.67. The van der Waals surface area contributed by atoms with E-state index >= 15 is 0 Å². The van der Waals surface area contributed by atoms with E-state index in [1.54, 1.807) is 11.8 Å². The van der Waals surface area contributed by atoms with Gasteiger partial charge in [0.2, 0.25) is 0 Å². The lowest BCUT2D eigenvalue weighted by molar-refractivity contribution is -0.122. The summed E-state index contributed by atoms with van der Waals surface area (Å²) in [6, 6.07) is 18.2. The third kappa shape index (κ3) is 5.90. The molecule has 1 aliphatic heterocycles. The molecule has 0 spiro atoms. The molecule has 2 aromatic carbocycles. The van der Waals surface area contributed by atoms with Crippen LogP contribution in [0.3, 0.4) is 0 Å². The fourth-order valence-corrected chi connectivity index (χ4v) is 6.11. The number of carbonyl (C=O) groups excluding carboxylic acids is 1. The van der Waals surface area contributed by atoms with Crippen LogP contribution in [0.25, 0.3) is 0 Å². The molecule has 0 bridgehead atoms. The zero-order valence-electron chi connectivity index (χ0n) is 13.9. The molecule has 3 nitrogen and oxygen atoms in total. The van der Waals surface area contributed by atoms with Gasteiger partial charge in [-0.05, 0) is 18.2 Å². The average Bonchev–Trinajstić information content (AvgIpc) is 3.19. The van der Waals surface area contributed by atoms with E-state index in [9.17, 15) is 4.79 Å². The summed E-state index contributed by atoms with van der Waals surface area (Å²) in [5.74, 6) is 3.94. The molecule has 132 valence electrons. The Morgan fingerprint density at radius 3 is 2.60 bits per heavy atom. The lowest BCUT2D eigenvalue weighted by Gasteiger charge is -2.15. The van der Waals surface area contributed by atoms with E-state index in [0.717, 1.165) is 11.5 Å². The Labute approximate surface area is 161 Å². The van der Waals surface area contributed by atoms with Crippen molar-refractivity contribution in [1.82, 2.24) is 5.32 Å². The Morgan fingerprint density at radius 1 is 1.08 bits per heavy atom. The van der Waals surface area contributed by atoms with Gasteiger partial charge < -0.3 is 10.1 Å². The van der Waals surface area contributed by atoms with Gasteiger partial charge in [0.05, 0.1) is 4.58 Å². The van der Waals surface area contributed by atoms with Gasteiger partial charge in [-0.15, -0.1) is 35.3 Å². The monoisotopic (exact) mass is 391 g/mol. The number of para-hydroxylation sites is 1. The maximum absolute atomic E-state index is 12.0. The summed E-state index contributed by atoms with van der Waals surface area (Å²) >= 11 is 5.61. The smallest absolute Gasteiger partial charge is 0.257 e. The standard InChI is InChI=1S/C19H21NO2S3/c21-18(20-10-11-23-15-6-2-1-3-7-15)14-22-17-9-5-4-8-16(17)19-24-12-13-25-19/h1-9,19H,10-14H2,(H,20,21). The summed E-state index contributed by atoms with van der Waals surface area (Å²) in [6.45, 7) is 0.701. The van der Waals surface area contributed by atoms with Crippen LogP contribution in [0.5, 0.6) is 5.75 Å². The highest BCUT2D eigenvalue weighted by Gasteiger charge is 2.21. The van der Waals surface area contributed by atoms with Gasteiger partial charge in [0.25, 0.3) is 5.91 Å². The first-order valence-electron chi connectivity index (χ1n) is 8.22. The number of nitrogens with one attached hydrogen (secondary N) is 1. The molecule has 1 fully saturated rings. The van der Waals surface area contributed by atoms with E-state index in [0.29, 0.717) is 11.1 Å². The topological polar surface area (TPSA) is 38.3 Å². The number of amides is 1. The lowest BCUT2D eigenvalue weighted by Crippen LogP contribution is -2.30. The molecule has 1 N–H and O–H groups in total. The van der Waals surface area contributed by atoms with Gasteiger partial charge in [0.1, 0.15) is 5.75 Å². The van der Waals surface area contributed by atoms with Crippen molar-refractivity contribution in [3.63, 3.8) is 0 Å². The summed E-state index contributed by atoms with van der Waals surface area (Å²) < 4.78 is 6.20. The Balaban J connectivity index is 1.40. The van der Waals surface area contributed by atoms with Crippen LogP contribution in [-0.2, 0) is 4.79 Å². The molecule has 25 heavy (non-hydrogen) atoms. The van der Waals surface area contributed by atoms with E-state index in [2.05, 4.69) is 23.5 Å². The molecule has 0 radical (unpaired) electrons.